The van der Waals surface area contributed by atoms with Crippen LogP contribution in [-0.4, -0.2) is 29.0 Å². The Balaban J connectivity index is 2.06. The Morgan fingerprint density at radius 3 is 2.86 bits per heavy atom. The van der Waals surface area contributed by atoms with Gasteiger partial charge in [0.15, 0.2) is 17.0 Å². The monoisotopic (exact) mass is 418 g/mol. The average Bonchev–Trinajstić information content (AvgIpc) is 2.86. The first-order valence-electron chi connectivity index (χ1n) is 12.5. The Labute approximate surface area is 185 Å². The van der Waals surface area contributed by atoms with Crippen LogP contribution in [0.1, 0.15) is 40.0 Å². The molecule has 3 aromatic rings. The SMILES string of the molecule is [2H]c1cc(C(=O)C([2H])(N=O)c2nc(SC([2H])([2H])[2H])nc([2H])c2[2H])c([2H])c(OCc2ccc(OC)cc2)c1[2H]. The van der Waals surface area contributed by atoms with Gasteiger partial charge in [-0.1, -0.05) is 41.2 Å². The Morgan fingerprint density at radius 1 is 1.31 bits per heavy atom. The van der Waals surface area contributed by atoms with Gasteiger partial charge in [-0.2, -0.15) is 0 Å². The van der Waals surface area contributed by atoms with Crippen molar-refractivity contribution >= 4 is 17.5 Å². The van der Waals surface area contributed by atoms with E-state index >= 15 is 0 Å². The fraction of sp³-hybridized carbons (Fsp3) is 0.190. The van der Waals surface area contributed by atoms with Gasteiger partial charge in [-0.3, -0.25) is 4.79 Å². The second-order valence-electron chi connectivity index (χ2n) is 5.38. The van der Waals surface area contributed by atoms with Gasteiger partial charge in [0.2, 0.25) is 0 Å². The molecule has 1 atom stereocenters. The number of ketones is 1. The number of ether oxygens (including phenoxy) is 2. The van der Waals surface area contributed by atoms with Crippen molar-refractivity contribution in [1.82, 2.24) is 9.97 Å². The molecular weight excluding hydrogens is 390 g/mol. The quantitative estimate of drug-likeness (QED) is 0.219. The maximum Gasteiger partial charge on any atom is 0.197 e. The fourth-order valence-corrected chi connectivity index (χ4v) is 2.42. The van der Waals surface area contributed by atoms with E-state index < -0.39 is 70.5 Å². The van der Waals surface area contributed by atoms with Crippen molar-refractivity contribution in [3.8, 4) is 11.5 Å². The molecule has 7 nitrogen and oxygen atoms in total. The highest BCUT2D eigenvalue weighted by Gasteiger charge is 2.25. The Kier molecular flexibility index (Phi) is 3.94. The normalized spacial score (nSPS) is 17.5. The van der Waals surface area contributed by atoms with E-state index in [9.17, 15) is 9.70 Å². The second kappa shape index (κ2) is 9.79. The molecule has 0 fully saturated rings. The minimum absolute atomic E-state index is 0.105. The van der Waals surface area contributed by atoms with Crippen LogP contribution in [0.3, 0.4) is 0 Å². The third-order valence-corrected chi connectivity index (χ3v) is 3.96. The highest BCUT2D eigenvalue weighted by Crippen LogP contribution is 2.24. The lowest BCUT2D eigenvalue weighted by Gasteiger charge is -2.11. The molecule has 8 heteroatoms. The molecule has 0 bridgehead atoms. The highest BCUT2D eigenvalue weighted by molar-refractivity contribution is 7.98. The van der Waals surface area contributed by atoms with Crippen molar-refractivity contribution in [3.05, 3.63) is 82.4 Å². The van der Waals surface area contributed by atoms with Gasteiger partial charge in [-0.15, -0.1) is 4.91 Å². The lowest BCUT2D eigenvalue weighted by Crippen LogP contribution is -2.13. The van der Waals surface area contributed by atoms with Crippen molar-refractivity contribution in [1.29, 1.82) is 0 Å². The number of aromatic nitrogens is 2. The molecule has 29 heavy (non-hydrogen) atoms. The van der Waals surface area contributed by atoms with Crippen LogP contribution in [0, 0.1) is 4.91 Å². The van der Waals surface area contributed by atoms with E-state index in [1.54, 1.807) is 24.3 Å². The standard InChI is InChI=1S/C21H19N3O4S/c1-27-16-8-6-14(7-9-16)13-28-17-5-3-4-15(12-17)20(25)19(24-26)18-10-11-22-21(23-18)29-2/h3-12,19H,13H2,1-2H3/i2D3,3D,5D,10D,11D,12D,19D. The summed E-state index contributed by atoms with van der Waals surface area (Å²) in [4.78, 5) is 32.5. The molecule has 1 aromatic heterocycles. The van der Waals surface area contributed by atoms with Crippen molar-refractivity contribution < 1.29 is 26.6 Å². The van der Waals surface area contributed by atoms with Gasteiger partial charge >= 0.3 is 0 Å². The topological polar surface area (TPSA) is 90.7 Å². The fourth-order valence-electron chi connectivity index (χ4n) is 2.19. The molecule has 0 aliphatic heterocycles. The van der Waals surface area contributed by atoms with Crippen LogP contribution in [0.4, 0.5) is 0 Å². The van der Waals surface area contributed by atoms with E-state index in [0.717, 1.165) is 6.07 Å². The van der Waals surface area contributed by atoms with Crippen molar-refractivity contribution in [2.45, 2.75) is 17.8 Å². The maximum absolute atomic E-state index is 13.4. The largest absolute Gasteiger partial charge is 0.497 e. The maximum atomic E-state index is 13.4. The van der Waals surface area contributed by atoms with E-state index in [1.165, 1.54) is 7.11 Å². The molecule has 3 rings (SSSR count). The van der Waals surface area contributed by atoms with Gasteiger partial charge in [-0.05, 0) is 42.0 Å². The lowest BCUT2D eigenvalue weighted by molar-refractivity contribution is 0.0959. The van der Waals surface area contributed by atoms with E-state index in [4.69, 9.17) is 21.8 Å². The molecule has 0 N–H and O–H groups in total. The van der Waals surface area contributed by atoms with Gasteiger partial charge in [0, 0.05) is 15.8 Å². The molecular formula is C21H19N3O4S. The number of Topliss-reactive ketones (excluding diaryl/α,β-unsaturated/α-hetero) is 1. The van der Waals surface area contributed by atoms with Crippen LogP contribution in [0.2, 0.25) is 0 Å². The van der Waals surface area contributed by atoms with E-state index in [1.807, 2.05) is 0 Å². The van der Waals surface area contributed by atoms with Crippen LogP contribution in [0.15, 0.2) is 71.0 Å². The molecule has 0 amide bonds. The summed E-state index contributed by atoms with van der Waals surface area (Å²) < 4.78 is 81.5. The van der Waals surface area contributed by atoms with Crippen molar-refractivity contribution in [3.63, 3.8) is 0 Å². The molecule has 1 heterocycles. The van der Waals surface area contributed by atoms with Gasteiger partial charge in [0.05, 0.1) is 21.0 Å². The highest BCUT2D eigenvalue weighted by atomic mass is 32.2. The van der Waals surface area contributed by atoms with E-state index in [0.29, 0.717) is 11.3 Å². The summed E-state index contributed by atoms with van der Waals surface area (Å²) >= 11 is 0.105. The number of benzene rings is 2. The molecule has 2 aromatic carbocycles. The minimum atomic E-state index is -3.24. The van der Waals surface area contributed by atoms with Crippen molar-refractivity contribution in [2.24, 2.45) is 5.18 Å². The summed E-state index contributed by atoms with van der Waals surface area (Å²) in [6, 6.07) is 1.45. The lowest BCUT2D eigenvalue weighted by atomic mass is 10.0. The Hall–Kier alpha value is -3.26. The summed E-state index contributed by atoms with van der Waals surface area (Å²) in [6.07, 6.45) is -3.53. The number of hydrogen-bond acceptors (Lipinski definition) is 8. The summed E-state index contributed by atoms with van der Waals surface area (Å²) in [5, 5.41) is 1.93. The zero-order valence-electron chi connectivity index (χ0n) is 24.0. The molecule has 0 aliphatic carbocycles. The molecule has 148 valence electrons. The third kappa shape index (κ3) is 5.17. The van der Waals surface area contributed by atoms with Crippen LogP contribution < -0.4 is 9.47 Å². The predicted octanol–water partition coefficient (Wildman–Crippen LogP) is 4.48. The molecule has 0 saturated heterocycles. The minimum Gasteiger partial charge on any atom is -0.497 e. The van der Waals surface area contributed by atoms with Gasteiger partial charge in [-0.25, -0.2) is 9.97 Å². The second-order valence-corrected chi connectivity index (χ2v) is 5.95. The first-order valence-corrected chi connectivity index (χ1v) is 8.84. The van der Waals surface area contributed by atoms with Crippen LogP contribution in [0.25, 0.3) is 0 Å². The molecule has 1 unspecified atom stereocenters. The zero-order chi connectivity index (χ0) is 28.4. The molecule has 0 saturated carbocycles. The Morgan fingerprint density at radius 2 is 2.14 bits per heavy atom. The van der Waals surface area contributed by atoms with E-state index in [-0.39, 0.29) is 18.4 Å². The predicted molar refractivity (Wildman–Crippen MR) is 110 cm³/mol. The van der Waals surface area contributed by atoms with Crippen LogP contribution >= 0.6 is 11.8 Å². The molecule has 0 spiro atoms. The number of methoxy groups -OCH3 is 1. The average molecular weight is 419 g/mol. The number of carbonyl (C=O) groups excluding carboxylic acids is 1. The Bertz CT molecular complexity index is 1390. The molecule has 0 aliphatic rings. The summed E-state index contributed by atoms with van der Waals surface area (Å²) in [5.41, 5.74) is -1.05. The summed E-state index contributed by atoms with van der Waals surface area (Å²) in [6.45, 7) is -0.155. The van der Waals surface area contributed by atoms with Gasteiger partial charge in [0.25, 0.3) is 0 Å². The van der Waals surface area contributed by atoms with Crippen LogP contribution in [0.5, 0.6) is 11.5 Å². The number of rotatable bonds is 9. The number of nitroso groups, excluding NO2 is 1. The van der Waals surface area contributed by atoms with Crippen molar-refractivity contribution in [2.75, 3.05) is 13.3 Å². The number of hydrogen-bond donors (Lipinski definition) is 0. The van der Waals surface area contributed by atoms with Crippen LogP contribution in [-0.2, 0) is 6.61 Å². The third-order valence-electron chi connectivity index (χ3n) is 3.59. The van der Waals surface area contributed by atoms with Gasteiger partial charge in [0.1, 0.15) is 18.1 Å². The first kappa shape index (κ1) is 11.7. The summed E-state index contributed by atoms with van der Waals surface area (Å²) in [7, 11) is 1.49. The molecule has 0 radical (unpaired) electrons. The van der Waals surface area contributed by atoms with E-state index in [2.05, 4.69) is 15.1 Å². The number of nitrogens with zero attached hydrogens (tertiary/aromatic N) is 3. The van der Waals surface area contributed by atoms with Gasteiger partial charge < -0.3 is 9.47 Å². The number of thioether (sulfide) groups is 1. The first-order chi connectivity index (χ1) is 17.7. The zero-order valence-corrected chi connectivity index (χ0v) is 15.8. The number of carbonyl (C=O) groups is 1. The smallest absolute Gasteiger partial charge is 0.197 e. The summed E-state index contributed by atoms with van der Waals surface area (Å²) in [5.74, 6) is -1.38.